The standard InChI is InChI=1S/C24H34O5/c1-14-4-6-16(7-5-14)13-28-23-12-21-19(11-22(23)27-3)18-9-8-17(15(2)25)10-20(18)24(26)29-21/h4,10,16,18-21,24,26H,5-9,11-13H2,1-3H3/t16-,18?,19+,20-,21+,24?/m1/s1. The normalized spacial score (nSPS) is 37.1. The minimum Gasteiger partial charge on any atom is -0.498 e. The van der Waals surface area contributed by atoms with Crippen molar-refractivity contribution < 1.29 is 24.1 Å². The quantitative estimate of drug-likeness (QED) is 0.696. The Balaban J connectivity index is 1.46. The van der Waals surface area contributed by atoms with Crippen LogP contribution in [0.4, 0.5) is 0 Å². The minimum atomic E-state index is -0.854. The number of aliphatic hydroxyl groups is 1. The summed E-state index contributed by atoms with van der Waals surface area (Å²) in [7, 11) is 1.72. The van der Waals surface area contributed by atoms with Crippen molar-refractivity contribution in [2.75, 3.05) is 13.7 Å². The molecule has 4 aliphatic rings. The highest BCUT2D eigenvalue weighted by Crippen LogP contribution is 2.49. The molecule has 29 heavy (non-hydrogen) atoms. The summed E-state index contributed by atoms with van der Waals surface area (Å²) in [5.41, 5.74) is 2.30. The van der Waals surface area contributed by atoms with Crippen LogP contribution in [-0.2, 0) is 19.0 Å². The Morgan fingerprint density at radius 1 is 1.21 bits per heavy atom. The number of Topliss-reactive ketones (excluding diaryl/α,β-unsaturated/α-hetero) is 1. The van der Waals surface area contributed by atoms with E-state index in [9.17, 15) is 9.90 Å². The summed E-state index contributed by atoms with van der Waals surface area (Å²) in [5, 5.41) is 10.6. The van der Waals surface area contributed by atoms with Gasteiger partial charge in [0, 0.05) is 18.8 Å². The lowest BCUT2D eigenvalue weighted by atomic mass is 9.66. The molecule has 1 N–H and O–H groups in total. The largest absolute Gasteiger partial charge is 0.498 e. The van der Waals surface area contributed by atoms with Crippen LogP contribution < -0.4 is 0 Å². The lowest BCUT2D eigenvalue weighted by Crippen LogP contribution is -2.50. The van der Waals surface area contributed by atoms with Crippen LogP contribution >= 0.6 is 0 Å². The van der Waals surface area contributed by atoms with Crippen molar-refractivity contribution in [1.82, 2.24) is 0 Å². The predicted octanol–water partition coefficient (Wildman–Crippen LogP) is 4.28. The fourth-order valence-corrected chi connectivity index (χ4v) is 5.52. The van der Waals surface area contributed by atoms with Crippen molar-refractivity contribution in [2.45, 2.75) is 71.2 Å². The molecule has 1 fully saturated rings. The smallest absolute Gasteiger partial charge is 0.161 e. The summed E-state index contributed by atoms with van der Waals surface area (Å²) >= 11 is 0. The maximum atomic E-state index is 11.8. The monoisotopic (exact) mass is 402 g/mol. The van der Waals surface area contributed by atoms with E-state index in [-0.39, 0.29) is 23.7 Å². The van der Waals surface area contributed by atoms with Gasteiger partial charge in [-0.1, -0.05) is 17.7 Å². The first-order valence-corrected chi connectivity index (χ1v) is 11.1. The molecule has 0 amide bonds. The lowest BCUT2D eigenvalue weighted by molar-refractivity contribution is -0.230. The minimum absolute atomic E-state index is 0.0547. The highest BCUT2D eigenvalue weighted by molar-refractivity contribution is 5.93. The summed E-state index contributed by atoms with van der Waals surface area (Å²) in [6.45, 7) is 4.51. The van der Waals surface area contributed by atoms with Gasteiger partial charge in [0.15, 0.2) is 12.1 Å². The number of hydrogen-bond donors (Lipinski definition) is 1. The molecule has 0 aromatic rings. The number of ketones is 1. The van der Waals surface area contributed by atoms with Gasteiger partial charge in [-0.25, -0.2) is 0 Å². The molecule has 1 heterocycles. The van der Waals surface area contributed by atoms with Crippen LogP contribution in [0.5, 0.6) is 0 Å². The number of allylic oxidation sites excluding steroid dienone is 4. The molecule has 0 radical (unpaired) electrons. The third-order valence-electron chi connectivity index (χ3n) is 7.36. The van der Waals surface area contributed by atoms with E-state index < -0.39 is 6.29 Å². The Kier molecular flexibility index (Phi) is 6.16. The zero-order valence-corrected chi connectivity index (χ0v) is 17.9. The van der Waals surface area contributed by atoms with Gasteiger partial charge in [-0.2, -0.15) is 0 Å². The van der Waals surface area contributed by atoms with Gasteiger partial charge in [0.25, 0.3) is 0 Å². The number of rotatable bonds is 5. The second-order valence-corrected chi connectivity index (χ2v) is 9.22. The van der Waals surface area contributed by atoms with Crippen LogP contribution in [0, 0.1) is 23.7 Å². The van der Waals surface area contributed by atoms with Gasteiger partial charge in [0.05, 0.1) is 19.8 Å². The Hall–Kier alpha value is -1.59. The van der Waals surface area contributed by atoms with Crippen LogP contribution in [0.1, 0.15) is 58.8 Å². The molecule has 3 aliphatic carbocycles. The van der Waals surface area contributed by atoms with E-state index in [1.807, 2.05) is 6.08 Å². The Bertz CT molecular complexity index is 734. The zero-order valence-electron chi connectivity index (χ0n) is 17.9. The van der Waals surface area contributed by atoms with Gasteiger partial charge in [-0.05, 0) is 69.3 Å². The fraction of sp³-hybridized carbons (Fsp3) is 0.708. The number of ether oxygens (including phenoxy) is 3. The van der Waals surface area contributed by atoms with E-state index in [1.54, 1.807) is 14.0 Å². The molecule has 5 nitrogen and oxygen atoms in total. The van der Waals surface area contributed by atoms with Gasteiger partial charge in [0.2, 0.25) is 0 Å². The number of carbonyl (C=O) groups is 1. The van der Waals surface area contributed by atoms with Gasteiger partial charge in [-0.3, -0.25) is 4.79 Å². The number of carbonyl (C=O) groups excluding carboxylic acids is 1. The first-order chi connectivity index (χ1) is 14.0. The average molecular weight is 403 g/mol. The van der Waals surface area contributed by atoms with Gasteiger partial charge in [0.1, 0.15) is 11.5 Å². The number of aliphatic hydroxyl groups excluding tert-OH is 1. The van der Waals surface area contributed by atoms with Gasteiger partial charge < -0.3 is 19.3 Å². The van der Waals surface area contributed by atoms with E-state index in [2.05, 4.69) is 13.0 Å². The number of methoxy groups -OCH3 is 1. The van der Waals surface area contributed by atoms with E-state index in [1.165, 1.54) is 12.0 Å². The highest BCUT2D eigenvalue weighted by Gasteiger charge is 2.48. The molecule has 2 unspecified atom stereocenters. The number of hydrogen-bond acceptors (Lipinski definition) is 5. The summed E-state index contributed by atoms with van der Waals surface area (Å²) in [6.07, 6.45) is 9.92. The molecule has 1 saturated heterocycles. The molecule has 0 spiro atoms. The third kappa shape index (κ3) is 4.31. The molecule has 4 rings (SSSR count). The van der Waals surface area contributed by atoms with Crippen LogP contribution in [0.3, 0.4) is 0 Å². The molecule has 0 aromatic carbocycles. The van der Waals surface area contributed by atoms with Crippen molar-refractivity contribution in [1.29, 1.82) is 0 Å². The molecule has 5 heteroatoms. The van der Waals surface area contributed by atoms with Crippen molar-refractivity contribution in [3.63, 3.8) is 0 Å². The predicted molar refractivity (Wildman–Crippen MR) is 110 cm³/mol. The molecule has 0 saturated carbocycles. The number of fused-ring (bicyclic) bond motifs is 3. The fourth-order valence-electron chi connectivity index (χ4n) is 5.52. The van der Waals surface area contributed by atoms with Crippen molar-refractivity contribution in [3.8, 4) is 0 Å². The van der Waals surface area contributed by atoms with Crippen molar-refractivity contribution in [2.24, 2.45) is 23.7 Å². The van der Waals surface area contributed by atoms with Gasteiger partial charge in [-0.15, -0.1) is 0 Å². The van der Waals surface area contributed by atoms with Crippen molar-refractivity contribution in [3.05, 3.63) is 34.8 Å². The van der Waals surface area contributed by atoms with Crippen LogP contribution in [0.15, 0.2) is 34.8 Å². The molecular formula is C24H34O5. The lowest BCUT2D eigenvalue weighted by Gasteiger charge is -2.48. The van der Waals surface area contributed by atoms with Crippen molar-refractivity contribution >= 4 is 5.78 Å². The molecular weight excluding hydrogens is 368 g/mol. The highest BCUT2D eigenvalue weighted by atomic mass is 16.6. The summed E-state index contributed by atoms with van der Waals surface area (Å²) in [4.78, 5) is 11.8. The van der Waals surface area contributed by atoms with Gasteiger partial charge >= 0.3 is 0 Å². The Morgan fingerprint density at radius 2 is 2.03 bits per heavy atom. The van der Waals surface area contributed by atoms with Crippen LogP contribution in [0.25, 0.3) is 0 Å². The topological polar surface area (TPSA) is 65.0 Å². The summed E-state index contributed by atoms with van der Waals surface area (Å²) in [6, 6.07) is 0. The first-order valence-electron chi connectivity index (χ1n) is 11.1. The SMILES string of the molecule is COC1=C(OC[C@@H]2CC=C(C)CC2)C[C@@H]2OC(O)[C@@H]3C=C(C(C)=O)CCC3[C@@H]2C1. The van der Waals surface area contributed by atoms with E-state index >= 15 is 0 Å². The molecule has 0 bridgehead atoms. The van der Waals surface area contributed by atoms with E-state index in [0.29, 0.717) is 24.9 Å². The molecule has 6 atom stereocenters. The maximum absolute atomic E-state index is 11.8. The average Bonchev–Trinajstić information content (AvgIpc) is 2.72. The van der Waals surface area contributed by atoms with Crippen LogP contribution in [0.2, 0.25) is 0 Å². The first kappa shape index (κ1) is 20.7. The molecule has 160 valence electrons. The summed E-state index contributed by atoms with van der Waals surface area (Å²) in [5.74, 6) is 2.96. The maximum Gasteiger partial charge on any atom is 0.161 e. The third-order valence-corrected chi connectivity index (χ3v) is 7.36. The molecule has 1 aliphatic heterocycles. The van der Waals surface area contributed by atoms with E-state index in [0.717, 1.165) is 49.2 Å². The van der Waals surface area contributed by atoms with Crippen LogP contribution in [-0.4, -0.2) is 37.0 Å². The van der Waals surface area contributed by atoms with E-state index in [4.69, 9.17) is 14.2 Å². The second-order valence-electron chi connectivity index (χ2n) is 9.22. The molecule has 0 aromatic heterocycles. The second kappa shape index (κ2) is 8.65. The Morgan fingerprint density at radius 3 is 2.72 bits per heavy atom. The summed E-state index contributed by atoms with van der Waals surface area (Å²) < 4.78 is 18.0. The zero-order chi connectivity index (χ0) is 20.5. The Labute approximate surface area is 173 Å².